The molecule has 1 heterocycles. The Kier molecular flexibility index (Phi) is 4.04. The maximum Gasteiger partial charge on any atom is 0.220 e. The quantitative estimate of drug-likeness (QED) is 0.795. The molecule has 0 radical (unpaired) electrons. The minimum Gasteiger partial charge on any atom is -0.350 e. The molecule has 1 amide bonds. The number of pyridine rings is 1. The number of carbonyl (C=O) groups is 1. The highest BCUT2D eigenvalue weighted by atomic mass is 19.1. The van der Waals surface area contributed by atoms with Crippen LogP contribution in [0.4, 0.5) is 4.39 Å². The molecule has 0 spiro atoms. The van der Waals surface area contributed by atoms with E-state index in [4.69, 9.17) is 0 Å². The number of nitrogens with one attached hydrogen (secondary N) is 1. The summed E-state index contributed by atoms with van der Waals surface area (Å²) in [5.41, 5.74) is 0.275. The molecular weight excluding hydrogens is 183 g/mol. The predicted octanol–water partition coefficient (Wildman–Crippen LogP) is 1.64. The molecule has 1 N–H and O–H groups in total. The van der Waals surface area contributed by atoms with Crippen LogP contribution in [-0.2, 0) is 11.3 Å². The van der Waals surface area contributed by atoms with Crippen LogP contribution in [0.3, 0.4) is 0 Å². The van der Waals surface area contributed by atoms with Crippen LogP contribution in [0.25, 0.3) is 0 Å². The Morgan fingerprint density at radius 2 is 2.43 bits per heavy atom. The van der Waals surface area contributed by atoms with Crippen molar-refractivity contribution in [2.45, 2.75) is 26.3 Å². The maximum absolute atomic E-state index is 13.0. The Labute approximate surface area is 82.4 Å². The molecule has 0 aromatic carbocycles. The Balaban J connectivity index is 2.46. The molecule has 14 heavy (non-hydrogen) atoms. The minimum atomic E-state index is -0.385. The van der Waals surface area contributed by atoms with Gasteiger partial charge in [0.25, 0.3) is 0 Å². The zero-order valence-corrected chi connectivity index (χ0v) is 8.09. The first-order valence-electron chi connectivity index (χ1n) is 4.60. The lowest BCUT2D eigenvalue weighted by molar-refractivity contribution is -0.121. The van der Waals surface area contributed by atoms with Crippen LogP contribution < -0.4 is 5.32 Å². The van der Waals surface area contributed by atoms with Gasteiger partial charge >= 0.3 is 0 Å². The van der Waals surface area contributed by atoms with Gasteiger partial charge in [0.1, 0.15) is 5.82 Å². The Morgan fingerprint density at radius 1 is 1.64 bits per heavy atom. The SMILES string of the molecule is CCCC(=O)NCc1ncccc1F. The summed E-state index contributed by atoms with van der Waals surface area (Å²) in [6.07, 6.45) is 2.76. The molecule has 0 saturated heterocycles. The normalized spacial score (nSPS) is 9.86. The van der Waals surface area contributed by atoms with Crippen molar-refractivity contribution in [2.24, 2.45) is 0 Å². The van der Waals surface area contributed by atoms with Crippen LogP contribution in [0, 0.1) is 5.82 Å². The van der Waals surface area contributed by atoms with Crippen LogP contribution in [0.1, 0.15) is 25.5 Å². The summed E-state index contributed by atoms with van der Waals surface area (Å²) in [7, 11) is 0. The van der Waals surface area contributed by atoms with E-state index in [0.717, 1.165) is 6.42 Å². The second kappa shape index (κ2) is 5.32. The van der Waals surface area contributed by atoms with E-state index in [1.54, 1.807) is 0 Å². The summed E-state index contributed by atoms with van der Waals surface area (Å²) in [5.74, 6) is -0.457. The minimum absolute atomic E-state index is 0.0717. The van der Waals surface area contributed by atoms with Crippen molar-refractivity contribution in [3.8, 4) is 0 Å². The second-order valence-corrected chi connectivity index (χ2v) is 2.96. The number of amides is 1. The van der Waals surface area contributed by atoms with Gasteiger partial charge in [-0.05, 0) is 18.6 Å². The number of nitrogens with zero attached hydrogens (tertiary/aromatic N) is 1. The lowest BCUT2D eigenvalue weighted by atomic mass is 10.3. The molecule has 1 aromatic heterocycles. The van der Waals surface area contributed by atoms with Gasteiger partial charge in [0.2, 0.25) is 5.91 Å². The first-order valence-corrected chi connectivity index (χ1v) is 4.60. The topological polar surface area (TPSA) is 42.0 Å². The van der Waals surface area contributed by atoms with Crippen molar-refractivity contribution in [1.82, 2.24) is 10.3 Å². The maximum atomic E-state index is 13.0. The monoisotopic (exact) mass is 196 g/mol. The number of hydrogen-bond donors (Lipinski definition) is 1. The van der Waals surface area contributed by atoms with Crippen molar-refractivity contribution in [3.05, 3.63) is 29.8 Å². The van der Waals surface area contributed by atoms with E-state index in [0.29, 0.717) is 6.42 Å². The molecule has 0 bridgehead atoms. The summed E-state index contributed by atoms with van der Waals surface area (Å²) < 4.78 is 13.0. The summed E-state index contributed by atoms with van der Waals surface area (Å²) >= 11 is 0. The summed E-state index contributed by atoms with van der Waals surface area (Å²) in [6.45, 7) is 2.08. The molecule has 0 aliphatic heterocycles. The lowest BCUT2D eigenvalue weighted by Gasteiger charge is -2.03. The van der Waals surface area contributed by atoms with E-state index < -0.39 is 0 Å². The van der Waals surface area contributed by atoms with Crippen molar-refractivity contribution in [3.63, 3.8) is 0 Å². The molecule has 0 unspecified atom stereocenters. The van der Waals surface area contributed by atoms with Gasteiger partial charge in [-0.25, -0.2) is 4.39 Å². The third-order valence-corrected chi connectivity index (χ3v) is 1.76. The molecular formula is C10H13FN2O. The zero-order chi connectivity index (χ0) is 10.4. The first kappa shape index (κ1) is 10.6. The van der Waals surface area contributed by atoms with Gasteiger partial charge in [-0.3, -0.25) is 9.78 Å². The van der Waals surface area contributed by atoms with E-state index in [1.807, 2.05) is 6.92 Å². The Morgan fingerprint density at radius 3 is 3.07 bits per heavy atom. The second-order valence-electron chi connectivity index (χ2n) is 2.96. The van der Waals surface area contributed by atoms with Crippen LogP contribution in [0.2, 0.25) is 0 Å². The van der Waals surface area contributed by atoms with Crippen LogP contribution >= 0.6 is 0 Å². The van der Waals surface area contributed by atoms with E-state index in [9.17, 15) is 9.18 Å². The standard InChI is InChI=1S/C10H13FN2O/c1-2-4-10(14)13-7-9-8(11)5-3-6-12-9/h3,5-6H,2,4,7H2,1H3,(H,13,14). The third kappa shape index (κ3) is 3.12. The van der Waals surface area contributed by atoms with Crippen molar-refractivity contribution in [2.75, 3.05) is 0 Å². The molecule has 1 rings (SSSR count). The van der Waals surface area contributed by atoms with Crippen molar-refractivity contribution in [1.29, 1.82) is 0 Å². The van der Waals surface area contributed by atoms with Crippen LogP contribution in [0.5, 0.6) is 0 Å². The fourth-order valence-corrected chi connectivity index (χ4v) is 1.05. The first-order chi connectivity index (χ1) is 6.74. The highest BCUT2D eigenvalue weighted by Crippen LogP contribution is 2.01. The van der Waals surface area contributed by atoms with Gasteiger partial charge < -0.3 is 5.32 Å². The summed E-state index contributed by atoms with van der Waals surface area (Å²) in [5, 5.41) is 2.60. The molecule has 0 fully saturated rings. The molecule has 0 aliphatic carbocycles. The average molecular weight is 196 g/mol. The van der Waals surface area contributed by atoms with E-state index in [2.05, 4.69) is 10.3 Å². The zero-order valence-electron chi connectivity index (χ0n) is 8.09. The van der Waals surface area contributed by atoms with Gasteiger partial charge in [-0.2, -0.15) is 0 Å². The van der Waals surface area contributed by atoms with Gasteiger partial charge in [-0.1, -0.05) is 6.92 Å². The fourth-order valence-electron chi connectivity index (χ4n) is 1.05. The number of halogens is 1. The molecule has 0 saturated carbocycles. The van der Waals surface area contributed by atoms with Gasteiger partial charge in [0.05, 0.1) is 12.2 Å². The highest BCUT2D eigenvalue weighted by molar-refractivity contribution is 5.75. The third-order valence-electron chi connectivity index (χ3n) is 1.76. The summed E-state index contributed by atoms with van der Waals surface area (Å²) in [4.78, 5) is 14.9. The van der Waals surface area contributed by atoms with Crippen molar-refractivity contribution < 1.29 is 9.18 Å². The largest absolute Gasteiger partial charge is 0.350 e. The van der Waals surface area contributed by atoms with E-state index in [1.165, 1.54) is 18.3 Å². The lowest BCUT2D eigenvalue weighted by Crippen LogP contribution is -2.23. The molecule has 3 nitrogen and oxygen atoms in total. The van der Waals surface area contributed by atoms with Crippen LogP contribution in [-0.4, -0.2) is 10.9 Å². The molecule has 0 aliphatic rings. The molecule has 76 valence electrons. The van der Waals surface area contributed by atoms with Gasteiger partial charge in [0, 0.05) is 12.6 Å². The fraction of sp³-hybridized carbons (Fsp3) is 0.400. The van der Waals surface area contributed by atoms with Crippen molar-refractivity contribution >= 4 is 5.91 Å². The van der Waals surface area contributed by atoms with E-state index >= 15 is 0 Å². The molecule has 1 aromatic rings. The summed E-state index contributed by atoms with van der Waals surface area (Å²) in [6, 6.07) is 2.85. The predicted molar refractivity (Wildman–Crippen MR) is 50.9 cm³/mol. The van der Waals surface area contributed by atoms with Gasteiger partial charge in [0.15, 0.2) is 0 Å². The Hall–Kier alpha value is -1.45. The van der Waals surface area contributed by atoms with E-state index in [-0.39, 0.29) is 24.0 Å². The Bertz CT molecular complexity index is 315. The number of rotatable bonds is 4. The number of carbonyl (C=O) groups excluding carboxylic acids is 1. The average Bonchev–Trinajstić information content (AvgIpc) is 2.17. The molecule has 4 heteroatoms. The number of hydrogen-bond acceptors (Lipinski definition) is 2. The molecule has 0 atom stereocenters. The smallest absolute Gasteiger partial charge is 0.220 e. The highest BCUT2D eigenvalue weighted by Gasteiger charge is 2.04. The number of aromatic nitrogens is 1. The van der Waals surface area contributed by atoms with Gasteiger partial charge in [-0.15, -0.1) is 0 Å². The van der Waals surface area contributed by atoms with Crippen LogP contribution in [0.15, 0.2) is 18.3 Å².